The van der Waals surface area contributed by atoms with Gasteiger partial charge in [0.05, 0.1) is 0 Å². The Hall–Kier alpha value is -0.970. The van der Waals surface area contributed by atoms with Crippen molar-refractivity contribution in [2.45, 2.75) is 20.4 Å². The predicted octanol–water partition coefficient (Wildman–Crippen LogP) is 1.36. The molecule has 0 amide bonds. The molecule has 4 nitrogen and oxygen atoms in total. The Morgan fingerprint density at radius 1 is 1.24 bits per heavy atom. The van der Waals surface area contributed by atoms with Gasteiger partial charge in [-0.05, 0) is 18.7 Å². The number of pyridine rings is 1. The highest BCUT2D eigenvalue weighted by Gasteiger charge is 2.15. The van der Waals surface area contributed by atoms with Crippen molar-refractivity contribution in [3.8, 4) is 0 Å². The van der Waals surface area contributed by atoms with Crippen LogP contribution in [0.25, 0.3) is 0 Å². The lowest BCUT2D eigenvalue weighted by Crippen LogP contribution is -2.50. The zero-order valence-corrected chi connectivity index (χ0v) is 11.2. The van der Waals surface area contributed by atoms with E-state index in [9.17, 15) is 0 Å². The zero-order valence-electron chi connectivity index (χ0n) is 11.2. The molecule has 0 aromatic carbocycles. The first kappa shape index (κ1) is 14.1. The van der Waals surface area contributed by atoms with E-state index in [1.807, 2.05) is 39.4 Å². The summed E-state index contributed by atoms with van der Waals surface area (Å²) in [4.78, 5) is 6.60. The molecular formula is C13H24N4. The first-order valence-corrected chi connectivity index (χ1v) is 6.42. The Labute approximate surface area is 105 Å². The van der Waals surface area contributed by atoms with Gasteiger partial charge in [-0.2, -0.15) is 0 Å². The van der Waals surface area contributed by atoms with Crippen molar-refractivity contribution in [1.82, 2.24) is 20.3 Å². The van der Waals surface area contributed by atoms with Crippen LogP contribution >= 0.6 is 0 Å². The number of nitrogens with zero attached hydrogens (tertiary/aromatic N) is 3. The SMILES string of the molecule is CC.CNN1CCN(Cc2cccnc2)CC1. The predicted molar refractivity (Wildman–Crippen MR) is 71.5 cm³/mol. The molecule has 1 aliphatic heterocycles. The molecule has 17 heavy (non-hydrogen) atoms. The minimum Gasteiger partial charge on any atom is -0.296 e. The van der Waals surface area contributed by atoms with E-state index in [1.54, 1.807) is 0 Å². The second-order valence-corrected chi connectivity index (χ2v) is 3.85. The van der Waals surface area contributed by atoms with Crippen LogP contribution in [-0.4, -0.2) is 48.1 Å². The average molecular weight is 236 g/mol. The maximum absolute atomic E-state index is 4.13. The van der Waals surface area contributed by atoms with Gasteiger partial charge < -0.3 is 0 Å². The summed E-state index contributed by atoms with van der Waals surface area (Å²) in [5, 5.41) is 2.25. The number of hydrogen-bond acceptors (Lipinski definition) is 4. The van der Waals surface area contributed by atoms with Crippen LogP contribution < -0.4 is 5.43 Å². The summed E-state index contributed by atoms with van der Waals surface area (Å²) >= 11 is 0. The lowest BCUT2D eigenvalue weighted by Gasteiger charge is -2.33. The van der Waals surface area contributed by atoms with Gasteiger partial charge >= 0.3 is 0 Å². The first-order valence-electron chi connectivity index (χ1n) is 6.42. The molecule has 0 atom stereocenters. The van der Waals surface area contributed by atoms with E-state index < -0.39 is 0 Å². The standard InChI is InChI=1S/C11H18N4.C2H6/c1-12-15-7-5-14(6-8-15)10-11-3-2-4-13-9-11;1-2/h2-4,9,12H,5-8,10H2,1H3;1-2H3. The molecular weight excluding hydrogens is 212 g/mol. The summed E-state index contributed by atoms with van der Waals surface area (Å²) in [5.41, 5.74) is 4.48. The second-order valence-electron chi connectivity index (χ2n) is 3.85. The van der Waals surface area contributed by atoms with E-state index in [0.29, 0.717) is 0 Å². The van der Waals surface area contributed by atoms with E-state index in [-0.39, 0.29) is 0 Å². The third-order valence-corrected chi connectivity index (χ3v) is 2.82. The molecule has 1 aromatic rings. The molecule has 4 heteroatoms. The summed E-state index contributed by atoms with van der Waals surface area (Å²) in [7, 11) is 1.98. The van der Waals surface area contributed by atoms with Crippen LogP contribution in [0, 0.1) is 0 Å². The molecule has 1 N–H and O–H groups in total. The van der Waals surface area contributed by atoms with Crippen LogP contribution in [0.5, 0.6) is 0 Å². The van der Waals surface area contributed by atoms with Gasteiger partial charge in [0.15, 0.2) is 0 Å². The average Bonchev–Trinajstić information content (AvgIpc) is 2.43. The van der Waals surface area contributed by atoms with Gasteiger partial charge in [0.2, 0.25) is 0 Å². The van der Waals surface area contributed by atoms with E-state index in [1.165, 1.54) is 5.56 Å². The first-order chi connectivity index (χ1) is 8.38. The maximum atomic E-state index is 4.13. The van der Waals surface area contributed by atoms with E-state index in [4.69, 9.17) is 0 Å². The highest BCUT2D eigenvalue weighted by atomic mass is 15.5. The minimum atomic E-state index is 1.02. The van der Waals surface area contributed by atoms with Crippen molar-refractivity contribution in [2.24, 2.45) is 0 Å². The molecule has 96 valence electrons. The quantitative estimate of drug-likeness (QED) is 0.858. The van der Waals surface area contributed by atoms with Crippen molar-refractivity contribution in [3.05, 3.63) is 30.1 Å². The zero-order chi connectivity index (χ0) is 12.5. The second kappa shape index (κ2) is 8.17. The molecule has 0 aliphatic carbocycles. The fourth-order valence-electron chi connectivity index (χ4n) is 1.88. The van der Waals surface area contributed by atoms with E-state index in [2.05, 4.69) is 26.4 Å². The lowest BCUT2D eigenvalue weighted by molar-refractivity contribution is 0.0946. The van der Waals surface area contributed by atoms with Crippen molar-refractivity contribution in [1.29, 1.82) is 0 Å². The molecule has 1 aliphatic rings. The molecule has 1 saturated heterocycles. The molecule has 0 spiro atoms. The van der Waals surface area contributed by atoms with Crippen molar-refractivity contribution >= 4 is 0 Å². The summed E-state index contributed by atoms with van der Waals surface area (Å²) in [6, 6.07) is 4.14. The van der Waals surface area contributed by atoms with Gasteiger partial charge in [0.1, 0.15) is 0 Å². The van der Waals surface area contributed by atoms with Crippen LogP contribution in [0.2, 0.25) is 0 Å². The van der Waals surface area contributed by atoms with Crippen molar-refractivity contribution in [2.75, 3.05) is 33.2 Å². The maximum Gasteiger partial charge on any atom is 0.0312 e. The van der Waals surface area contributed by atoms with Crippen molar-refractivity contribution in [3.63, 3.8) is 0 Å². The van der Waals surface area contributed by atoms with E-state index >= 15 is 0 Å². The Morgan fingerprint density at radius 3 is 2.47 bits per heavy atom. The number of nitrogens with one attached hydrogen (secondary N) is 1. The van der Waals surface area contributed by atoms with Gasteiger partial charge in [-0.1, -0.05) is 19.9 Å². The fraction of sp³-hybridized carbons (Fsp3) is 0.615. The molecule has 2 heterocycles. The van der Waals surface area contributed by atoms with Gasteiger partial charge in [0.25, 0.3) is 0 Å². The van der Waals surface area contributed by atoms with Gasteiger partial charge in [-0.3, -0.25) is 15.3 Å². The van der Waals surface area contributed by atoms with Crippen LogP contribution in [0.15, 0.2) is 24.5 Å². The smallest absolute Gasteiger partial charge is 0.0312 e. The number of rotatable bonds is 3. The topological polar surface area (TPSA) is 31.4 Å². The summed E-state index contributed by atoms with van der Waals surface area (Å²) in [5.74, 6) is 0. The summed E-state index contributed by atoms with van der Waals surface area (Å²) in [6.07, 6.45) is 3.77. The highest BCUT2D eigenvalue weighted by Crippen LogP contribution is 2.05. The largest absolute Gasteiger partial charge is 0.296 e. The Bertz CT molecular complexity index is 281. The fourth-order valence-corrected chi connectivity index (χ4v) is 1.88. The highest BCUT2D eigenvalue weighted by molar-refractivity contribution is 5.08. The summed E-state index contributed by atoms with van der Waals surface area (Å²) in [6.45, 7) is 9.45. The van der Waals surface area contributed by atoms with Gasteiger partial charge in [-0.15, -0.1) is 0 Å². The van der Waals surface area contributed by atoms with E-state index in [0.717, 1.165) is 32.7 Å². The van der Waals surface area contributed by atoms with Gasteiger partial charge in [-0.25, -0.2) is 5.01 Å². The Kier molecular flexibility index (Phi) is 6.77. The van der Waals surface area contributed by atoms with Crippen molar-refractivity contribution < 1.29 is 0 Å². The number of hydrazine groups is 1. The third kappa shape index (κ3) is 4.81. The van der Waals surface area contributed by atoms with Crippen LogP contribution in [0.3, 0.4) is 0 Å². The third-order valence-electron chi connectivity index (χ3n) is 2.82. The Morgan fingerprint density at radius 2 is 1.94 bits per heavy atom. The number of aromatic nitrogens is 1. The van der Waals surface area contributed by atoms with Crippen LogP contribution in [0.4, 0.5) is 0 Å². The molecule has 0 saturated carbocycles. The monoisotopic (exact) mass is 236 g/mol. The minimum absolute atomic E-state index is 1.02. The molecule has 0 radical (unpaired) electrons. The molecule has 2 rings (SSSR count). The van der Waals surface area contributed by atoms with Gasteiger partial charge in [0, 0.05) is 45.1 Å². The molecule has 1 aromatic heterocycles. The van der Waals surface area contributed by atoms with Crippen LogP contribution in [-0.2, 0) is 6.54 Å². The molecule has 1 fully saturated rings. The van der Waals surface area contributed by atoms with Crippen LogP contribution in [0.1, 0.15) is 19.4 Å². The Balaban J connectivity index is 0.000000686. The lowest BCUT2D eigenvalue weighted by atomic mass is 10.2. The number of hydrogen-bond donors (Lipinski definition) is 1. The number of piperazine rings is 1. The molecule has 0 unspecified atom stereocenters. The normalized spacial score (nSPS) is 17.4. The summed E-state index contributed by atoms with van der Waals surface area (Å²) < 4.78 is 0. The molecule has 0 bridgehead atoms.